The fourth-order valence-corrected chi connectivity index (χ4v) is 2.43. The number of amides is 1. The number of likely N-dealkylation sites (N-methyl/N-ethyl adjacent to an activating group) is 1. The van der Waals surface area contributed by atoms with Crippen molar-refractivity contribution in [1.82, 2.24) is 4.90 Å². The lowest BCUT2D eigenvalue weighted by Crippen LogP contribution is -2.23. The van der Waals surface area contributed by atoms with E-state index in [1.807, 2.05) is 27.9 Å². The van der Waals surface area contributed by atoms with E-state index in [0.29, 0.717) is 6.42 Å². The highest BCUT2D eigenvalue weighted by Gasteiger charge is 2.15. The van der Waals surface area contributed by atoms with Crippen LogP contribution < -0.4 is 0 Å². The molecule has 106 valence electrons. The van der Waals surface area contributed by atoms with Crippen LogP contribution in [-0.4, -0.2) is 24.9 Å². The van der Waals surface area contributed by atoms with Crippen molar-refractivity contribution in [2.45, 2.75) is 46.5 Å². The standard InChI is InChI=1S/C15H21NO.C2H6/c1-11-4-6-14-9-12(5-7-13(14)8-11)10-15(17)16(2)3;1-2/h5,7,9,11H,4,6,8,10H2,1-3H3;1-2H3. The van der Waals surface area contributed by atoms with Crippen LogP contribution >= 0.6 is 0 Å². The maximum absolute atomic E-state index is 11.7. The van der Waals surface area contributed by atoms with E-state index in [1.165, 1.54) is 30.4 Å². The second-order valence-electron chi connectivity index (χ2n) is 5.42. The quantitative estimate of drug-likeness (QED) is 0.798. The van der Waals surface area contributed by atoms with Gasteiger partial charge in [-0.1, -0.05) is 39.0 Å². The highest BCUT2D eigenvalue weighted by molar-refractivity contribution is 5.78. The average Bonchev–Trinajstić information content (AvgIpc) is 2.41. The lowest BCUT2D eigenvalue weighted by molar-refractivity contribution is -0.127. The Kier molecular flexibility index (Phi) is 6.07. The highest BCUT2D eigenvalue weighted by Crippen LogP contribution is 2.26. The number of hydrogen-bond acceptors (Lipinski definition) is 1. The van der Waals surface area contributed by atoms with Crippen LogP contribution in [0.25, 0.3) is 0 Å². The molecular formula is C17H27NO. The summed E-state index contributed by atoms with van der Waals surface area (Å²) in [6.45, 7) is 6.31. The van der Waals surface area contributed by atoms with Gasteiger partial charge in [0.15, 0.2) is 0 Å². The molecule has 2 rings (SSSR count). The summed E-state index contributed by atoms with van der Waals surface area (Å²) in [5.74, 6) is 0.978. The summed E-state index contributed by atoms with van der Waals surface area (Å²) < 4.78 is 0. The Morgan fingerprint density at radius 1 is 1.26 bits per heavy atom. The molecule has 0 N–H and O–H groups in total. The molecule has 1 unspecified atom stereocenters. The van der Waals surface area contributed by atoms with Gasteiger partial charge in [0, 0.05) is 14.1 Å². The first kappa shape index (κ1) is 15.7. The monoisotopic (exact) mass is 261 g/mol. The molecule has 0 saturated heterocycles. The van der Waals surface area contributed by atoms with Crippen molar-refractivity contribution >= 4 is 5.91 Å². The largest absolute Gasteiger partial charge is 0.349 e. The molecule has 1 aliphatic rings. The highest BCUT2D eigenvalue weighted by atomic mass is 16.2. The minimum atomic E-state index is 0.175. The van der Waals surface area contributed by atoms with E-state index in [-0.39, 0.29) is 5.91 Å². The Morgan fingerprint density at radius 3 is 2.58 bits per heavy atom. The van der Waals surface area contributed by atoms with Crippen LogP contribution in [0.5, 0.6) is 0 Å². The van der Waals surface area contributed by atoms with Gasteiger partial charge >= 0.3 is 0 Å². The molecule has 0 fully saturated rings. The number of carbonyl (C=O) groups excluding carboxylic acids is 1. The first-order valence-corrected chi connectivity index (χ1v) is 7.37. The molecule has 0 aromatic heterocycles. The van der Waals surface area contributed by atoms with Crippen molar-refractivity contribution in [3.8, 4) is 0 Å². The minimum Gasteiger partial charge on any atom is -0.349 e. The van der Waals surface area contributed by atoms with E-state index in [2.05, 4.69) is 25.1 Å². The van der Waals surface area contributed by atoms with Gasteiger partial charge in [-0.25, -0.2) is 0 Å². The van der Waals surface area contributed by atoms with Crippen LogP contribution in [0.2, 0.25) is 0 Å². The molecule has 0 saturated carbocycles. The second kappa shape index (κ2) is 7.32. The summed E-state index contributed by atoms with van der Waals surface area (Å²) >= 11 is 0. The van der Waals surface area contributed by atoms with E-state index in [4.69, 9.17) is 0 Å². The number of aryl methyl sites for hydroxylation is 1. The number of carbonyl (C=O) groups is 1. The van der Waals surface area contributed by atoms with E-state index in [1.54, 1.807) is 4.90 Å². The number of benzene rings is 1. The zero-order chi connectivity index (χ0) is 14.4. The first-order valence-electron chi connectivity index (χ1n) is 7.37. The van der Waals surface area contributed by atoms with Crippen molar-refractivity contribution in [2.24, 2.45) is 5.92 Å². The topological polar surface area (TPSA) is 20.3 Å². The van der Waals surface area contributed by atoms with E-state index in [9.17, 15) is 4.79 Å². The molecular weight excluding hydrogens is 234 g/mol. The third kappa shape index (κ3) is 4.38. The third-order valence-corrected chi connectivity index (χ3v) is 3.60. The fourth-order valence-electron chi connectivity index (χ4n) is 2.43. The number of fused-ring (bicyclic) bond motifs is 1. The molecule has 0 radical (unpaired) electrons. The van der Waals surface area contributed by atoms with Crippen molar-refractivity contribution in [3.63, 3.8) is 0 Å². The van der Waals surface area contributed by atoms with Gasteiger partial charge in [0.25, 0.3) is 0 Å². The Bertz CT molecular complexity index is 423. The van der Waals surface area contributed by atoms with Crippen molar-refractivity contribution in [1.29, 1.82) is 0 Å². The fraction of sp³-hybridized carbons (Fsp3) is 0.588. The minimum absolute atomic E-state index is 0.175. The molecule has 0 spiro atoms. The molecule has 1 aliphatic carbocycles. The van der Waals surface area contributed by atoms with Crippen LogP contribution in [-0.2, 0) is 24.1 Å². The maximum Gasteiger partial charge on any atom is 0.226 e. The van der Waals surface area contributed by atoms with E-state index in [0.717, 1.165) is 11.5 Å². The van der Waals surface area contributed by atoms with Gasteiger partial charge in [-0.15, -0.1) is 0 Å². The van der Waals surface area contributed by atoms with Gasteiger partial charge in [0.05, 0.1) is 6.42 Å². The number of nitrogens with zero attached hydrogens (tertiary/aromatic N) is 1. The lowest BCUT2D eigenvalue weighted by atomic mass is 9.84. The average molecular weight is 261 g/mol. The molecule has 19 heavy (non-hydrogen) atoms. The molecule has 0 heterocycles. The number of hydrogen-bond donors (Lipinski definition) is 0. The van der Waals surface area contributed by atoms with Gasteiger partial charge in [-0.3, -0.25) is 4.79 Å². The second-order valence-corrected chi connectivity index (χ2v) is 5.42. The zero-order valence-corrected chi connectivity index (χ0v) is 13.0. The normalized spacial score (nSPS) is 17.0. The van der Waals surface area contributed by atoms with Crippen LogP contribution in [0.3, 0.4) is 0 Å². The Hall–Kier alpha value is -1.31. The Balaban J connectivity index is 0.000000861. The molecule has 2 heteroatoms. The summed E-state index contributed by atoms with van der Waals surface area (Å²) in [5.41, 5.74) is 4.08. The van der Waals surface area contributed by atoms with Crippen LogP contribution in [0.4, 0.5) is 0 Å². The SMILES string of the molecule is CC.CC1CCc2cc(CC(=O)N(C)C)ccc2C1. The lowest BCUT2D eigenvalue weighted by Gasteiger charge is -2.22. The molecule has 1 atom stereocenters. The first-order chi connectivity index (χ1) is 9.06. The smallest absolute Gasteiger partial charge is 0.226 e. The van der Waals surface area contributed by atoms with Gasteiger partial charge < -0.3 is 4.90 Å². The molecule has 2 nitrogen and oxygen atoms in total. The predicted molar refractivity (Wildman–Crippen MR) is 81.4 cm³/mol. The Morgan fingerprint density at radius 2 is 1.95 bits per heavy atom. The van der Waals surface area contributed by atoms with Gasteiger partial charge in [0.1, 0.15) is 0 Å². The maximum atomic E-state index is 11.7. The van der Waals surface area contributed by atoms with Gasteiger partial charge in [0.2, 0.25) is 5.91 Å². The van der Waals surface area contributed by atoms with Crippen LogP contribution in [0.15, 0.2) is 18.2 Å². The summed E-state index contributed by atoms with van der Waals surface area (Å²) in [7, 11) is 3.62. The van der Waals surface area contributed by atoms with Gasteiger partial charge in [-0.2, -0.15) is 0 Å². The number of rotatable bonds is 2. The summed E-state index contributed by atoms with van der Waals surface area (Å²) in [5, 5.41) is 0. The van der Waals surface area contributed by atoms with E-state index < -0.39 is 0 Å². The van der Waals surface area contributed by atoms with Crippen molar-refractivity contribution < 1.29 is 4.79 Å². The summed E-state index contributed by atoms with van der Waals surface area (Å²) in [6, 6.07) is 6.55. The zero-order valence-electron chi connectivity index (χ0n) is 13.0. The van der Waals surface area contributed by atoms with Crippen molar-refractivity contribution in [3.05, 3.63) is 34.9 Å². The molecule has 0 bridgehead atoms. The predicted octanol–water partition coefficient (Wildman–Crippen LogP) is 3.47. The third-order valence-electron chi connectivity index (χ3n) is 3.60. The molecule has 1 aromatic rings. The molecule has 0 aliphatic heterocycles. The molecule has 1 amide bonds. The van der Waals surface area contributed by atoms with Crippen molar-refractivity contribution in [2.75, 3.05) is 14.1 Å². The summed E-state index contributed by atoms with van der Waals surface area (Å²) in [6.07, 6.45) is 4.16. The van der Waals surface area contributed by atoms with Crippen LogP contribution in [0.1, 0.15) is 43.9 Å². The van der Waals surface area contributed by atoms with Crippen LogP contribution in [0, 0.1) is 5.92 Å². The van der Waals surface area contributed by atoms with E-state index >= 15 is 0 Å². The van der Waals surface area contributed by atoms with Gasteiger partial charge in [-0.05, 0) is 41.9 Å². The Labute approximate surface area is 117 Å². The summed E-state index contributed by atoms with van der Waals surface area (Å²) in [4.78, 5) is 13.3. The molecule has 1 aromatic carbocycles.